The zero-order valence-corrected chi connectivity index (χ0v) is 10.7. The fourth-order valence-corrected chi connectivity index (χ4v) is 1.87. The van der Waals surface area contributed by atoms with Crippen molar-refractivity contribution in [2.24, 2.45) is 17.8 Å². The van der Waals surface area contributed by atoms with Crippen LogP contribution in [0.5, 0.6) is 0 Å². The van der Waals surface area contributed by atoms with Gasteiger partial charge in [0.15, 0.2) is 0 Å². The minimum absolute atomic E-state index is 0.691. The summed E-state index contributed by atoms with van der Waals surface area (Å²) in [6.45, 7) is 13.5. The molecule has 0 aromatic heterocycles. The van der Waals surface area contributed by atoms with E-state index in [0.29, 0.717) is 5.92 Å². The standard InChI is InChI=1S/C14H29/c1-6-7-13(4)10-11-14(5)9-8-12(2)3/h12-14H,5-11H2,1-4H3. The van der Waals surface area contributed by atoms with Gasteiger partial charge in [0.1, 0.15) is 0 Å². The maximum Gasteiger partial charge on any atom is -0.0414 e. The molecule has 0 N–H and O–H groups in total. The van der Waals surface area contributed by atoms with Gasteiger partial charge in [0.05, 0.1) is 0 Å². The Morgan fingerprint density at radius 3 is 1.93 bits per heavy atom. The minimum Gasteiger partial charge on any atom is -0.0654 e. The summed E-state index contributed by atoms with van der Waals surface area (Å²) < 4.78 is 0. The molecular formula is C14H29. The topological polar surface area (TPSA) is 0 Å². The van der Waals surface area contributed by atoms with Gasteiger partial charge in [0.25, 0.3) is 0 Å². The van der Waals surface area contributed by atoms with E-state index < -0.39 is 0 Å². The number of hydrogen-bond donors (Lipinski definition) is 0. The van der Waals surface area contributed by atoms with Crippen LogP contribution >= 0.6 is 0 Å². The van der Waals surface area contributed by atoms with Crippen LogP contribution < -0.4 is 0 Å². The lowest BCUT2D eigenvalue weighted by Gasteiger charge is -2.15. The van der Waals surface area contributed by atoms with Gasteiger partial charge in [-0.3, -0.25) is 0 Å². The molecule has 2 unspecified atom stereocenters. The first kappa shape index (κ1) is 14.0. The van der Waals surface area contributed by atoms with Gasteiger partial charge in [-0.1, -0.05) is 73.1 Å². The third kappa shape index (κ3) is 8.59. The molecule has 85 valence electrons. The van der Waals surface area contributed by atoms with Gasteiger partial charge >= 0.3 is 0 Å². The summed E-state index contributed by atoms with van der Waals surface area (Å²) in [6.07, 6.45) is 8.08. The molecule has 1 radical (unpaired) electrons. The van der Waals surface area contributed by atoms with Crippen LogP contribution in [0.25, 0.3) is 0 Å². The van der Waals surface area contributed by atoms with Crippen molar-refractivity contribution < 1.29 is 0 Å². The largest absolute Gasteiger partial charge is 0.0654 e. The Labute approximate surface area is 91.5 Å². The van der Waals surface area contributed by atoms with Gasteiger partial charge in [0, 0.05) is 0 Å². The average Bonchev–Trinajstić information content (AvgIpc) is 2.12. The molecule has 0 aromatic carbocycles. The van der Waals surface area contributed by atoms with Crippen molar-refractivity contribution in [3.8, 4) is 0 Å². The van der Waals surface area contributed by atoms with E-state index in [1.807, 2.05) is 0 Å². The molecule has 0 aliphatic carbocycles. The zero-order valence-electron chi connectivity index (χ0n) is 10.7. The molecule has 0 saturated heterocycles. The van der Waals surface area contributed by atoms with Crippen LogP contribution in [0.15, 0.2) is 0 Å². The van der Waals surface area contributed by atoms with Crippen LogP contribution in [0.3, 0.4) is 0 Å². The zero-order chi connectivity index (χ0) is 11.0. The van der Waals surface area contributed by atoms with Gasteiger partial charge in [-0.05, 0) is 17.8 Å². The summed E-state index contributed by atoms with van der Waals surface area (Å²) >= 11 is 0. The van der Waals surface area contributed by atoms with Crippen LogP contribution in [0.1, 0.15) is 66.2 Å². The molecule has 0 nitrogen and oxygen atoms in total. The Morgan fingerprint density at radius 1 is 0.857 bits per heavy atom. The molecule has 0 aliphatic rings. The van der Waals surface area contributed by atoms with E-state index in [0.717, 1.165) is 11.8 Å². The third-order valence-corrected chi connectivity index (χ3v) is 3.00. The van der Waals surface area contributed by atoms with Crippen molar-refractivity contribution in [2.75, 3.05) is 0 Å². The van der Waals surface area contributed by atoms with Crippen LogP contribution in [0, 0.1) is 24.7 Å². The van der Waals surface area contributed by atoms with Crippen molar-refractivity contribution >= 4 is 0 Å². The van der Waals surface area contributed by atoms with E-state index >= 15 is 0 Å². The predicted molar refractivity (Wildman–Crippen MR) is 66.2 cm³/mol. The van der Waals surface area contributed by atoms with E-state index in [2.05, 4.69) is 34.6 Å². The molecule has 0 bridgehead atoms. The lowest BCUT2D eigenvalue weighted by molar-refractivity contribution is 0.394. The SMILES string of the molecule is [CH2]C(CCC(C)C)CCC(C)CCC. The summed E-state index contributed by atoms with van der Waals surface area (Å²) in [5, 5.41) is 0. The summed E-state index contributed by atoms with van der Waals surface area (Å²) in [5.74, 6) is 2.44. The van der Waals surface area contributed by atoms with E-state index in [4.69, 9.17) is 0 Å². The Balaban J connectivity index is 3.38. The van der Waals surface area contributed by atoms with Gasteiger partial charge in [-0.2, -0.15) is 0 Å². The first-order valence-corrected chi connectivity index (χ1v) is 6.39. The Bertz CT molecular complexity index is 115. The number of hydrogen-bond acceptors (Lipinski definition) is 0. The molecule has 0 aromatic rings. The van der Waals surface area contributed by atoms with Crippen LogP contribution in [-0.4, -0.2) is 0 Å². The smallest absolute Gasteiger partial charge is 0.0414 e. The summed E-state index contributed by atoms with van der Waals surface area (Å²) in [4.78, 5) is 0. The molecule has 0 rings (SSSR count). The first-order chi connectivity index (χ1) is 6.56. The minimum atomic E-state index is 0.691. The second-order valence-corrected chi connectivity index (χ2v) is 5.31. The molecule has 14 heavy (non-hydrogen) atoms. The Hall–Kier alpha value is 0. The molecular weight excluding hydrogens is 168 g/mol. The maximum atomic E-state index is 4.24. The summed E-state index contributed by atoms with van der Waals surface area (Å²) in [6, 6.07) is 0. The molecule has 0 heteroatoms. The molecule has 0 aliphatic heterocycles. The second kappa shape index (κ2) is 8.32. The van der Waals surface area contributed by atoms with Crippen molar-refractivity contribution in [3.63, 3.8) is 0 Å². The van der Waals surface area contributed by atoms with Crippen molar-refractivity contribution in [1.29, 1.82) is 0 Å². The fraction of sp³-hybridized carbons (Fsp3) is 0.929. The average molecular weight is 197 g/mol. The van der Waals surface area contributed by atoms with Gasteiger partial charge in [-0.25, -0.2) is 0 Å². The van der Waals surface area contributed by atoms with Crippen molar-refractivity contribution in [1.82, 2.24) is 0 Å². The van der Waals surface area contributed by atoms with Crippen LogP contribution in [0.2, 0.25) is 0 Å². The molecule has 0 saturated carbocycles. The lowest BCUT2D eigenvalue weighted by atomic mass is 9.91. The normalized spacial score (nSPS) is 15.9. The van der Waals surface area contributed by atoms with Gasteiger partial charge in [0.2, 0.25) is 0 Å². The highest BCUT2D eigenvalue weighted by Crippen LogP contribution is 2.20. The molecule has 0 amide bonds. The van der Waals surface area contributed by atoms with E-state index in [1.165, 1.54) is 38.5 Å². The summed E-state index contributed by atoms with van der Waals surface area (Å²) in [7, 11) is 0. The van der Waals surface area contributed by atoms with Crippen LogP contribution in [0.4, 0.5) is 0 Å². The Kier molecular flexibility index (Phi) is 8.32. The highest BCUT2D eigenvalue weighted by molar-refractivity contribution is 4.64. The van der Waals surface area contributed by atoms with Crippen molar-refractivity contribution in [3.05, 3.63) is 6.92 Å². The van der Waals surface area contributed by atoms with Gasteiger partial charge in [-0.15, -0.1) is 0 Å². The lowest BCUT2D eigenvalue weighted by Crippen LogP contribution is -2.02. The van der Waals surface area contributed by atoms with E-state index in [-0.39, 0.29) is 0 Å². The van der Waals surface area contributed by atoms with Gasteiger partial charge < -0.3 is 0 Å². The Morgan fingerprint density at radius 2 is 1.43 bits per heavy atom. The van der Waals surface area contributed by atoms with Crippen molar-refractivity contribution in [2.45, 2.75) is 66.2 Å². The molecule has 0 spiro atoms. The van der Waals surface area contributed by atoms with Crippen LogP contribution in [-0.2, 0) is 0 Å². The van der Waals surface area contributed by atoms with E-state index in [9.17, 15) is 0 Å². The molecule has 0 heterocycles. The fourth-order valence-electron chi connectivity index (χ4n) is 1.87. The molecule has 2 atom stereocenters. The highest BCUT2D eigenvalue weighted by Gasteiger charge is 2.06. The maximum absolute atomic E-state index is 4.24. The number of rotatable bonds is 8. The predicted octanol–water partition coefficient (Wildman–Crippen LogP) is 5.09. The summed E-state index contributed by atoms with van der Waals surface area (Å²) in [5.41, 5.74) is 0. The first-order valence-electron chi connectivity index (χ1n) is 6.39. The quantitative estimate of drug-likeness (QED) is 0.508. The monoisotopic (exact) mass is 197 g/mol. The highest BCUT2D eigenvalue weighted by atomic mass is 14.1. The second-order valence-electron chi connectivity index (χ2n) is 5.31. The third-order valence-electron chi connectivity index (χ3n) is 3.00. The molecule has 0 fully saturated rings. The van der Waals surface area contributed by atoms with E-state index in [1.54, 1.807) is 0 Å².